The quantitative estimate of drug-likeness (QED) is 0.785. The van der Waals surface area contributed by atoms with Gasteiger partial charge in [-0.15, -0.1) is 0 Å². The number of carbonyl (C=O) groups excluding carboxylic acids is 1. The molecule has 0 unspecified atom stereocenters. The molecule has 4 heteroatoms. The second-order valence-electron chi connectivity index (χ2n) is 4.88. The first-order chi connectivity index (χ1) is 9.66. The first-order valence-corrected chi connectivity index (χ1v) is 6.74. The smallest absolute Gasteiger partial charge is 0.231 e. The summed E-state index contributed by atoms with van der Waals surface area (Å²) in [5.41, 5.74) is 5.14. The van der Waals surface area contributed by atoms with Crippen molar-refractivity contribution in [1.29, 1.82) is 0 Å². The lowest BCUT2D eigenvalue weighted by atomic mass is 10.1. The van der Waals surface area contributed by atoms with Crippen LogP contribution in [0.2, 0.25) is 0 Å². The largest absolute Gasteiger partial charge is 0.493 e. The van der Waals surface area contributed by atoms with Crippen LogP contribution in [0.4, 0.5) is 0 Å². The molecule has 0 bridgehead atoms. The Hall–Kier alpha value is -2.07. The molecule has 2 N–H and O–H groups in total. The maximum atomic E-state index is 10.8. The van der Waals surface area contributed by atoms with E-state index in [0.29, 0.717) is 6.61 Å². The van der Waals surface area contributed by atoms with Crippen LogP contribution in [0.1, 0.15) is 6.42 Å². The van der Waals surface area contributed by atoms with E-state index < -0.39 is 0 Å². The maximum absolute atomic E-state index is 10.8. The van der Waals surface area contributed by atoms with Crippen LogP contribution in [0.3, 0.4) is 0 Å². The number of fused-ring (bicyclic) bond motifs is 1. The molecule has 0 aliphatic heterocycles. The van der Waals surface area contributed by atoms with Gasteiger partial charge in [0.2, 0.25) is 5.91 Å². The number of likely N-dealkylation sites (N-methyl/N-ethyl adjacent to an activating group) is 1. The van der Waals surface area contributed by atoms with E-state index in [4.69, 9.17) is 10.5 Å². The summed E-state index contributed by atoms with van der Waals surface area (Å²) in [5, 5.41) is 2.30. The van der Waals surface area contributed by atoms with Crippen molar-refractivity contribution >= 4 is 16.7 Å². The predicted octanol–water partition coefficient (Wildman–Crippen LogP) is 2.03. The number of rotatable bonds is 7. The Labute approximate surface area is 119 Å². The van der Waals surface area contributed by atoms with E-state index in [1.54, 1.807) is 0 Å². The minimum atomic E-state index is -0.303. The van der Waals surface area contributed by atoms with Crippen molar-refractivity contribution in [3.05, 3.63) is 42.5 Å². The second kappa shape index (κ2) is 6.91. The zero-order valence-electron chi connectivity index (χ0n) is 11.7. The van der Waals surface area contributed by atoms with E-state index in [9.17, 15) is 4.79 Å². The fourth-order valence-corrected chi connectivity index (χ4v) is 2.18. The molecular formula is C16H20N2O2. The lowest BCUT2D eigenvalue weighted by Crippen LogP contribution is -2.31. The van der Waals surface area contributed by atoms with Gasteiger partial charge in [0.25, 0.3) is 0 Å². The third kappa shape index (κ3) is 3.96. The van der Waals surface area contributed by atoms with Gasteiger partial charge in [-0.25, -0.2) is 0 Å². The van der Waals surface area contributed by atoms with Crippen LogP contribution in [-0.4, -0.2) is 37.6 Å². The summed E-state index contributed by atoms with van der Waals surface area (Å²) < 4.78 is 5.83. The number of benzene rings is 2. The predicted molar refractivity (Wildman–Crippen MR) is 80.8 cm³/mol. The van der Waals surface area contributed by atoms with Gasteiger partial charge in [0.05, 0.1) is 13.2 Å². The Balaban J connectivity index is 1.86. The van der Waals surface area contributed by atoms with Gasteiger partial charge in [-0.3, -0.25) is 9.69 Å². The van der Waals surface area contributed by atoms with E-state index in [1.807, 2.05) is 36.2 Å². The summed E-state index contributed by atoms with van der Waals surface area (Å²) in [7, 11) is 1.88. The number of carbonyl (C=O) groups is 1. The Morgan fingerprint density at radius 1 is 1.20 bits per heavy atom. The van der Waals surface area contributed by atoms with E-state index in [0.717, 1.165) is 24.1 Å². The number of nitrogens with two attached hydrogens (primary N) is 1. The molecule has 2 aromatic rings. The maximum Gasteiger partial charge on any atom is 0.231 e. The Kier molecular flexibility index (Phi) is 4.96. The molecule has 0 radical (unpaired) electrons. The topological polar surface area (TPSA) is 55.6 Å². The van der Waals surface area contributed by atoms with Crippen molar-refractivity contribution in [3.8, 4) is 5.75 Å². The highest BCUT2D eigenvalue weighted by molar-refractivity contribution is 5.88. The molecule has 1 amide bonds. The fraction of sp³-hybridized carbons (Fsp3) is 0.312. The Morgan fingerprint density at radius 3 is 2.75 bits per heavy atom. The molecule has 0 saturated carbocycles. The van der Waals surface area contributed by atoms with Gasteiger partial charge in [0.1, 0.15) is 5.75 Å². The summed E-state index contributed by atoms with van der Waals surface area (Å²) in [5.74, 6) is 0.600. The van der Waals surface area contributed by atoms with Gasteiger partial charge >= 0.3 is 0 Å². The van der Waals surface area contributed by atoms with Crippen molar-refractivity contribution in [2.24, 2.45) is 5.73 Å². The van der Waals surface area contributed by atoms with Gasteiger partial charge < -0.3 is 10.5 Å². The van der Waals surface area contributed by atoms with Gasteiger partial charge in [-0.1, -0.05) is 36.4 Å². The lowest BCUT2D eigenvalue weighted by molar-refractivity contribution is -0.118. The lowest BCUT2D eigenvalue weighted by Gasteiger charge is -2.15. The zero-order valence-corrected chi connectivity index (χ0v) is 11.7. The van der Waals surface area contributed by atoms with Crippen molar-refractivity contribution < 1.29 is 9.53 Å². The SMILES string of the molecule is CN(CCCOc1cccc2ccccc12)CC(N)=O. The van der Waals surface area contributed by atoms with Crippen LogP contribution in [0.15, 0.2) is 42.5 Å². The highest BCUT2D eigenvalue weighted by Gasteiger charge is 2.03. The van der Waals surface area contributed by atoms with Crippen LogP contribution >= 0.6 is 0 Å². The highest BCUT2D eigenvalue weighted by atomic mass is 16.5. The molecule has 0 saturated heterocycles. The monoisotopic (exact) mass is 272 g/mol. The molecule has 2 aromatic carbocycles. The summed E-state index contributed by atoms with van der Waals surface area (Å²) in [6, 6.07) is 14.2. The molecule has 0 heterocycles. The minimum Gasteiger partial charge on any atom is -0.493 e. The standard InChI is InChI=1S/C16H20N2O2/c1-18(12-16(17)19)10-5-11-20-15-9-4-7-13-6-2-3-8-14(13)15/h2-4,6-9H,5,10-12H2,1H3,(H2,17,19). The summed E-state index contributed by atoms with van der Waals surface area (Å²) >= 11 is 0. The number of ether oxygens (including phenoxy) is 1. The molecule has 0 atom stereocenters. The zero-order chi connectivity index (χ0) is 14.4. The highest BCUT2D eigenvalue weighted by Crippen LogP contribution is 2.25. The van der Waals surface area contributed by atoms with Crippen molar-refractivity contribution in [3.63, 3.8) is 0 Å². The first-order valence-electron chi connectivity index (χ1n) is 6.74. The number of hydrogen-bond donors (Lipinski definition) is 1. The second-order valence-corrected chi connectivity index (χ2v) is 4.88. The molecular weight excluding hydrogens is 252 g/mol. The number of nitrogens with zero attached hydrogens (tertiary/aromatic N) is 1. The summed E-state index contributed by atoms with van der Waals surface area (Å²) in [4.78, 5) is 12.7. The van der Waals surface area contributed by atoms with Crippen LogP contribution in [0.25, 0.3) is 10.8 Å². The molecule has 4 nitrogen and oxygen atoms in total. The van der Waals surface area contributed by atoms with Gasteiger partial charge in [-0.2, -0.15) is 0 Å². The minimum absolute atomic E-state index is 0.286. The Morgan fingerprint density at radius 2 is 1.95 bits per heavy atom. The van der Waals surface area contributed by atoms with E-state index >= 15 is 0 Å². The Bertz CT molecular complexity index is 578. The molecule has 0 spiro atoms. The van der Waals surface area contributed by atoms with Crippen LogP contribution in [0, 0.1) is 0 Å². The average molecular weight is 272 g/mol. The van der Waals surface area contributed by atoms with Crippen LogP contribution in [-0.2, 0) is 4.79 Å². The van der Waals surface area contributed by atoms with Crippen LogP contribution < -0.4 is 10.5 Å². The van der Waals surface area contributed by atoms with Crippen molar-refractivity contribution in [1.82, 2.24) is 4.90 Å². The third-order valence-electron chi connectivity index (χ3n) is 3.12. The third-order valence-corrected chi connectivity index (χ3v) is 3.12. The molecule has 20 heavy (non-hydrogen) atoms. The van der Waals surface area contributed by atoms with Crippen molar-refractivity contribution in [2.45, 2.75) is 6.42 Å². The van der Waals surface area contributed by atoms with Gasteiger partial charge in [0.15, 0.2) is 0 Å². The molecule has 106 valence electrons. The van der Waals surface area contributed by atoms with E-state index in [2.05, 4.69) is 18.2 Å². The molecule has 2 rings (SSSR count). The number of primary amides is 1. The summed E-state index contributed by atoms with van der Waals surface area (Å²) in [6.45, 7) is 1.69. The molecule has 0 aromatic heterocycles. The number of amides is 1. The fourth-order valence-electron chi connectivity index (χ4n) is 2.18. The van der Waals surface area contributed by atoms with E-state index in [1.165, 1.54) is 5.39 Å². The normalized spacial score (nSPS) is 10.9. The summed E-state index contributed by atoms with van der Waals surface area (Å²) in [6.07, 6.45) is 0.854. The number of hydrogen-bond acceptors (Lipinski definition) is 3. The molecule has 0 aliphatic carbocycles. The van der Waals surface area contributed by atoms with Crippen molar-refractivity contribution in [2.75, 3.05) is 26.7 Å². The molecule has 0 fully saturated rings. The van der Waals surface area contributed by atoms with E-state index in [-0.39, 0.29) is 12.5 Å². The molecule has 0 aliphatic rings. The first kappa shape index (κ1) is 14.3. The van der Waals surface area contributed by atoms with Gasteiger partial charge in [-0.05, 0) is 24.9 Å². The van der Waals surface area contributed by atoms with Gasteiger partial charge in [0, 0.05) is 11.9 Å². The average Bonchev–Trinajstić information content (AvgIpc) is 2.43. The van der Waals surface area contributed by atoms with Crippen LogP contribution in [0.5, 0.6) is 5.75 Å².